The van der Waals surface area contributed by atoms with E-state index in [0.29, 0.717) is 0 Å². The summed E-state index contributed by atoms with van der Waals surface area (Å²) in [6.07, 6.45) is -5.67. The van der Waals surface area contributed by atoms with Crippen molar-refractivity contribution in [3.8, 4) is 0 Å². The Kier molecular flexibility index (Phi) is 3.60. The van der Waals surface area contributed by atoms with Gasteiger partial charge in [-0.25, -0.2) is 0 Å². The molecule has 13 heavy (non-hydrogen) atoms. The van der Waals surface area contributed by atoms with Gasteiger partial charge in [0.25, 0.3) is 0 Å². The van der Waals surface area contributed by atoms with Gasteiger partial charge < -0.3 is 29.9 Å². The molecule has 0 aliphatic carbocycles. The van der Waals surface area contributed by atoms with Crippen molar-refractivity contribution < 1.29 is 29.9 Å². The lowest BCUT2D eigenvalue weighted by molar-refractivity contribution is -0.155. The first-order chi connectivity index (χ1) is 6.11. The fourth-order valence-electron chi connectivity index (χ4n) is 1.31. The molecule has 5 atom stereocenters. The minimum atomic E-state index is -1.43. The van der Waals surface area contributed by atoms with Crippen molar-refractivity contribution in [2.75, 3.05) is 13.7 Å². The van der Waals surface area contributed by atoms with Crippen molar-refractivity contribution >= 4 is 0 Å². The lowest BCUT2D eigenvalue weighted by atomic mass is 10.1. The van der Waals surface area contributed by atoms with Gasteiger partial charge in [0.15, 0.2) is 6.29 Å². The molecular weight excluding hydrogens is 180 g/mol. The Labute approximate surface area is 75.3 Å². The van der Waals surface area contributed by atoms with Crippen LogP contribution in [0, 0.1) is 0 Å². The second-order valence-corrected chi connectivity index (χ2v) is 2.93. The van der Waals surface area contributed by atoms with Crippen molar-refractivity contribution in [1.29, 1.82) is 0 Å². The molecule has 0 amide bonds. The van der Waals surface area contributed by atoms with Crippen LogP contribution in [0.15, 0.2) is 0 Å². The first-order valence-electron chi connectivity index (χ1n) is 3.95. The zero-order chi connectivity index (χ0) is 10.0. The maximum Gasteiger partial charge on any atom is 0.184 e. The molecule has 1 aliphatic heterocycles. The van der Waals surface area contributed by atoms with E-state index in [4.69, 9.17) is 24.8 Å². The van der Waals surface area contributed by atoms with Gasteiger partial charge in [-0.3, -0.25) is 0 Å². The Hall–Kier alpha value is -0.240. The highest BCUT2D eigenvalue weighted by Gasteiger charge is 2.45. The van der Waals surface area contributed by atoms with Crippen LogP contribution in [0.5, 0.6) is 0 Å². The van der Waals surface area contributed by atoms with Crippen LogP contribution in [0.3, 0.4) is 0 Å². The van der Waals surface area contributed by atoms with Gasteiger partial charge in [0.2, 0.25) is 0 Å². The first kappa shape index (κ1) is 10.8. The van der Waals surface area contributed by atoms with Gasteiger partial charge in [-0.2, -0.15) is 0 Å². The number of hydrogen-bond donors (Lipinski definition) is 4. The average Bonchev–Trinajstić information content (AvgIpc) is 2.36. The van der Waals surface area contributed by atoms with E-state index in [1.165, 1.54) is 7.11 Å². The van der Waals surface area contributed by atoms with E-state index < -0.39 is 30.7 Å². The van der Waals surface area contributed by atoms with Gasteiger partial charge in [0.05, 0.1) is 6.61 Å². The Bertz CT molecular complexity index is 157. The van der Waals surface area contributed by atoms with E-state index in [2.05, 4.69) is 0 Å². The van der Waals surface area contributed by atoms with Crippen LogP contribution >= 0.6 is 0 Å². The smallest absolute Gasteiger partial charge is 0.184 e. The van der Waals surface area contributed by atoms with Crippen LogP contribution in [0.25, 0.3) is 0 Å². The van der Waals surface area contributed by atoms with Gasteiger partial charge in [0, 0.05) is 7.11 Å². The summed E-state index contributed by atoms with van der Waals surface area (Å²) in [7, 11) is 1.34. The molecule has 1 saturated heterocycles. The molecule has 0 spiro atoms. The molecule has 0 aromatic rings. The van der Waals surface area contributed by atoms with Gasteiger partial charge in [-0.15, -0.1) is 0 Å². The maximum absolute atomic E-state index is 9.33. The van der Waals surface area contributed by atoms with Crippen LogP contribution in [-0.4, -0.2) is 64.8 Å². The minimum absolute atomic E-state index is 0.350. The van der Waals surface area contributed by atoms with Crippen LogP contribution in [0.2, 0.25) is 0 Å². The number of rotatable bonds is 3. The molecule has 0 aromatic heterocycles. The molecule has 0 unspecified atom stereocenters. The Morgan fingerprint density at radius 2 is 1.92 bits per heavy atom. The van der Waals surface area contributed by atoms with Crippen molar-refractivity contribution in [2.45, 2.75) is 30.7 Å². The molecule has 1 rings (SSSR count). The molecule has 4 N–H and O–H groups in total. The molecule has 1 fully saturated rings. The van der Waals surface area contributed by atoms with Crippen molar-refractivity contribution in [1.82, 2.24) is 0 Å². The van der Waals surface area contributed by atoms with Crippen molar-refractivity contribution in [2.24, 2.45) is 0 Å². The average molecular weight is 194 g/mol. The summed E-state index contributed by atoms with van der Waals surface area (Å²) in [5.41, 5.74) is 0. The highest BCUT2D eigenvalue weighted by Crippen LogP contribution is 2.23. The predicted octanol–water partition coefficient (Wildman–Crippen LogP) is -2.57. The van der Waals surface area contributed by atoms with Crippen molar-refractivity contribution in [3.05, 3.63) is 0 Å². The number of methoxy groups -OCH3 is 1. The molecule has 0 aromatic carbocycles. The Morgan fingerprint density at radius 3 is 2.23 bits per heavy atom. The third-order valence-corrected chi connectivity index (χ3v) is 2.12. The van der Waals surface area contributed by atoms with Crippen LogP contribution in [0.1, 0.15) is 0 Å². The highest BCUT2D eigenvalue weighted by atomic mass is 16.7. The van der Waals surface area contributed by atoms with E-state index in [9.17, 15) is 5.11 Å². The second-order valence-electron chi connectivity index (χ2n) is 2.93. The first-order valence-corrected chi connectivity index (χ1v) is 3.95. The van der Waals surface area contributed by atoms with Gasteiger partial charge in [-0.1, -0.05) is 0 Å². The highest BCUT2D eigenvalue weighted by molar-refractivity contribution is 4.90. The number of hydrogen-bond acceptors (Lipinski definition) is 6. The molecule has 1 heterocycles. The number of aliphatic hydroxyl groups is 4. The summed E-state index contributed by atoms with van der Waals surface area (Å²) in [6, 6.07) is 0. The Balaban J connectivity index is 2.61. The molecule has 78 valence electrons. The van der Waals surface area contributed by atoms with Crippen LogP contribution < -0.4 is 0 Å². The van der Waals surface area contributed by atoms with Crippen LogP contribution in [0.4, 0.5) is 0 Å². The Morgan fingerprint density at radius 1 is 1.31 bits per heavy atom. The monoisotopic (exact) mass is 194 g/mol. The van der Waals surface area contributed by atoms with E-state index in [1.807, 2.05) is 0 Å². The summed E-state index contributed by atoms with van der Waals surface area (Å²) < 4.78 is 9.59. The molecule has 1 aliphatic rings. The van der Waals surface area contributed by atoms with E-state index in [0.717, 1.165) is 0 Å². The fourth-order valence-corrected chi connectivity index (χ4v) is 1.31. The summed E-state index contributed by atoms with van der Waals surface area (Å²) in [4.78, 5) is 0. The second kappa shape index (κ2) is 4.32. The lowest BCUT2D eigenvalue weighted by Crippen LogP contribution is -2.41. The molecular formula is C7H14O6. The minimum Gasteiger partial charge on any atom is -0.394 e. The third kappa shape index (κ3) is 1.98. The summed E-state index contributed by atoms with van der Waals surface area (Å²) in [5, 5.41) is 36.3. The van der Waals surface area contributed by atoms with Crippen LogP contribution in [-0.2, 0) is 9.47 Å². The number of ether oxygens (including phenoxy) is 2. The fraction of sp³-hybridized carbons (Fsp3) is 1.00. The lowest BCUT2D eigenvalue weighted by Gasteiger charge is -2.21. The van der Waals surface area contributed by atoms with Gasteiger partial charge >= 0.3 is 0 Å². The molecule has 0 bridgehead atoms. The molecule has 6 nitrogen and oxygen atoms in total. The van der Waals surface area contributed by atoms with E-state index in [1.54, 1.807) is 0 Å². The number of aliphatic hydroxyl groups excluding tert-OH is 4. The maximum atomic E-state index is 9.33. The van der Waals surface area contributed by atoms with Gasteiger partial charge in [-0.05, 0) is 0 Å². The zero-order valence-electron chi connectivity index (χ0n) is 7.20. The summed E-state index contributed by atoms with van der Waals surface area (Å²) in [6.45, 7) is -0.350. The summed E-state index contributed by atoms with van der Waals surface area (Å²) >= 11 is 0. The molecule has 0 saturated carbocycles. The topological polar surface area (TPSA) is 99.4 Å². The standard InChI is InChI=1S/C7H14O6/c1-12-3(2-8)6-4(9)5(10)7(11)13-6/h3-11H,2H2,1H3/t3-,4-,5-,6-,7-/m1/s1. The molecule has 0 radical (unpaired) electrons. The van der Waals surface area contributed by atoms with Gasteiger partial charge in [0.1, 0.15) is 24.4 Å². The predicted molar refractivity (Wildman–Crippen MR) is 40.8 cm³/mol. The zero-order valence-corrected chi connectivity index (χ0v) is 7.20. The summed E-state index contributed by atoms with van der Waals surface area (Å²) in [5.74, 6) is 0. The quantitative estimate of drug-likeness (QED) is 0.394. The SMILES string of the molecule is CO[C@H](CO)[C@H]1O[C@@H](O)[C@H](O)[C@H]1O. The van der Waals surface area contributed by atoms with E-state index in [-0.39, 0.29) is 6.61 Å². The van der Waals surface area contributed by atoms with Crippen molar-refractivity contribution in [3.63, 3.8) is 0 Å². The normalized spacial score (nSPS) is 42.2. The molecule has 6 heteroatoms. The third-order valence-electron chi connectivity index (χ3n) is 2.12. The largest absolute Gasteiger partial charge is 0.394 e. The van der Waals surface area contributed by atoms with E-state index >= 15 is 0 Å².